The number of thiophene rings is 1. The maximum Gasteiger partial charge on any atom is 0.254 e. The summed E-state index contributed by atoms with van der Waals surface area (Å²) in [7, 11) is 0. The highest BCUT2D eigenvalue weighted by molar-refractivity contribution is 7.99. The van der Waals surface area contributed by atoms with Crippen LogP contribution in [0.25, 0.3) is 0 Å². The molecule has 1 N–H and O–H groups in total. The van der Waals surface area contributed by atoms with Crippen molar-refractivity contribution >= 4 is 29.0 Å². The van der Waals surface area contributed by atoms with Crippen LogP contribution in [-0.2, 0) is 11.3 Å². The number of hydrogen-bond acceptors (Lipinski definition) is 5. The van der Waals surface area contributed by atoms with Crippen LogP contribution in [0.15, 0.2) is 39.7 Å². The lowest BCUT2D eigenvalue weighted by Gasteiger charge is -2.12. The van der Waals surface area contributed by atoms with Crippen LogP contribution in [0.3, 0.4) is 0 Å². The molecule has 1 amide bonds. The number of amides is 1. The van der Waals surface area contributed by atoms with Crippen molar-refractivity contribution in [2.45, 2.75) is 24.2 Å². The van der Waals surface area contributed by atoms with Crippen LogP contribution in [0.5, 0.6) is 0 Å². The number of nitrogens with zero attached hydrogens (tertiary/aromatic N) is 2. The first-order chi connectivity index (χ1) is 9.74. The molecule has 0 saturated heterocycles. The number of carbonyl (C=O) groups excluding carboxylic acids is 1. The molecule has 20 heavy (non-hydrogen) atoms. The number of fused-ring (bicyclic) bond motifs is 1. The molecule has 1 aliphatic heterocycles. The second-order valence-electron chi connectivity index (χ2n) is 4.46. The Morgan fingerprint density at radius 3 is 3.20 bits per heavy atom. The molecular formula is C13H13N3O2S2. The van der Waals surface area contributed by atoms with Gasteiger partial charge in [-0.05, 0) is 11.4 Å². The summed E-state index contributed by atoms with van der Waals surface area (Å²) in [6, 6.07) is 5.28. The minimum absolute atomic E-state index is 0.0346. The summed E-state index contributed by atoms with van der Waals surface area (Å²) in [6.45, 7) is 0.547. The predicted molar refractivity (Wildman–Crippen MR) is 79.0 cm³/mol. The summed E-state index contributed by atoms with van der Waals surface area (Å²) in [4.78, 5) is 29.1. The van der Waals surface area contributed by atoms with Crippen molar-refractivity contribution in [3.05, 3.63) is 45.0 Å². The Bertz CT molecular complexity index is 667. The summed E-state index contributed by atoms with van der Waals surface area (Å²) >= 11 is 3.14. The van der Waals surface area contributed by atoms with Gasteiger partial charge in [0.25, 0.3) is 5.56 Å². The fraction of sp³-hybridized carbons (Fsp3) is 0.308. The van der Waals surface area contributed by atoms with E-state index < -0.39 is 0 Å². The molecule has 0 aromatic carbocycles. The molecule has 0 aliphatic carbocycles. The van der Waals surface area contributed by atoms with E-state index in [4.69, 9.17) is 0 Å². The number of aromatic nitrogens is 2. The maximum absolute atomic E-state index is 12.0. The lowest BCUT2D eigenvalue weighted by Crippen LogP contribution is -2.29. The number of carbonyl (C=O) groups is 1. The standard InChI is InChI=1S/C13H13N3O2S2/c17-11(15-7-10-2-1-5-19-10)6-9-8-20-13-14-4-3-12(18)16(9)13/h1-5,9H,6-8H2,(H,15,17). The van der Waals surface area contributed by atoms with Gasteiger partial charge in [-0.3, -0.25) is 14.2 Å². The molecule has 7 heteroatoms. The van der Waals surface area contributed by atoms with Gasteiger partial charge >= 0.3 is 0 Å². The molecule has 1 atom stereocenters. The highest BCUT2D eigenvalue weighted by Crippen LogP contribution is 2.31. The van der Waals surface area contributed by atoms with Crippen LogP contribution >= 0.6 is 23.1 Å². The van der Waals surface area contributed by atoms with E-state index in [1.807, 2.05) is 17.5 Å². The molecule has 0 fully saturated rings. The zero-order valence-corrected chi connectivity index (χ0v) is 12.2. The lowest BCUT2D eigenvalue weighted by molar-refractivity contribution is -0.121. The molecule has 1 aliphatic rings. The Morgan fingerprint density at radius 2 is 2.40 bits per heavy atom. The molecule has 5 nitrogen and oxygen atoms in total. The minimum atomic E-state index is -0.0977. The van der Waals surface area contributed by atoms with Gasteiger partial charge in [-0.15, -0.1) is 11.3 Å². The van der Waals surface area contributed by atoms with Gasteiger partial charge in [0.15, 0.2) is 5.16 Å². The number of hydrogen-bond donors (Lipinski definition) is 1. The van der Waals surface area contributed by atoms with Crippen molar-refractivity contribution < 1.29 is 4.79 Å². The Hall–Kier alpha value is -1.60. The van der Waals surface area contributed by atoms with E-state index in [-0.39, 0.29) is 17.5 Å². The molecular weight excluding hydrogens is 294 g/mol. The van der Waals surface area contributed by atoms with Crippen LogP contribution in [0.4, 0.5) is 0 Å². The van der Waals surface area contributed by atoms with Crippen LogP contribution in [-0.4, -0.2) is 21.2 Å². The molecule has 1 unspecified atom stereocenters. The SMILES string of the molecule is O=C(CC1CSc2nccc(=O)n21)NCc1cccs1. The monoisotopic (exact) mass is 307 g/mol. The average Bonchev–Trinajstić information content (AvgIpc) is 3.07. The van der Waals surface area contributed by atoms with Crippen LogP contribution in [0.1, 0.15) is 17.3 Å². The Morgan fingerprint density at radius 1 is 1.50 bits per heavy atom. The predicted octanol–water partition coefficient (Wildman–Crippen LogP) is 1.66. The van der Waals surface area contributed by atoms with Crippen molar-refractivity contribution in [1.82, 2.24) is 14.9 Å². The summed E-state index contributed by atoms with van der Waals surface area (Å²) < 4.78 is 1.62. The normalized spacial score (nSPS) is 16.9. The number of nitrogens with one attached hydrogen (secondary N) is 1. The van der Waals surface area contributed by atoms with Gasteiger partial charge < -0.3 is 5.32 Å². The summed E-state index contributed by atoms with van der Waals surface area (Å²) in [5.41, 5.74) is -0.0870. The van der Waals surface area contributed by atoms with E-state index in [2.05, 4.69) is 10.3 Å². The lowest BCUT2D eigenvalue weighted by atomic mass is 10.2. The molecule has 3 rings (SSSR count). The summed E-state index contributed by atoms with van der Waals surface area (Å²) in [5.74, 6) is 0.686. The topological polar surface area (TPSA) is 64.0 Å². The van der Waals surface area contributed by atoms with Crippen molar-refractivity contribution in [1.29, 1.82) is 0 Å². The van der Waals surface area contributed by atoms with Gasteiger partial charge in [-0.1, -0.05) is 17.8 Å². The summed E-state index contributed by atoms with van der Waals surface area (Å²) in [5, 5.41) is 5.57. The van der Waals surface area contributed by atoms with Crippen LogP contribution in [0.2, 0.25) is 0 Å². The van der Waals surface area contributed by atoms with E-state index in [0.717, 1.165) is 10.6 Å². The van der Waals surface area contributed by atoms with E-state index in [1.54, 1.807) is 15.9 Å². The fourth-order valence-corrected chi connectivity index (χ4v) is 3.89. The van der Waals surface area contributed by atoms with Gasteiger partial charge in [0.1, 0.15) is 0 Å². The van der Waals surface area contributed by atoms with Gasteiger partial charge in [-0.2, -0.15) is 0 Å². The zero-order valence-electron chi connectivity index (χ0n) is 10.6. The van der Waals surface area contributed by atoms with E-state index >= 15 is 0 Å². The second-order valence-corrected chi connectivity index (χ2v) is 6.48. The molecule has 2 aromatic heterocycles. The Kier molecular flexibility index (Phi) is 3.88. The van der Waals surface area contributed by atoms with Crippen molar-refractivity contribution in [3.63, 3.8) is 0 Å². The second kappa shape index (κ2) is 5.80. The first kappa shape index (κ1) is 13.4. The van der Waals surface area contributed by atoms with E-state index in [0.29, 0.717) is 18.1 Å². The van der Waals surface area contributed by atoms with Gasteiger partial charge in [-0.25, -0.2) is 4.98 Å². The maximum atomic E-state index is 12.0. The Balaban J connectivity index is 1.62. The Labute approximate surface area is 124 Å². The van der Waals surface area contributed by atoms with Gasteiger partial charge in [0.2, 0.25) is 5.91 Å². The highest BCUT2D eigenvalue weighted by atomic mass is 32.2. The molecule has 0 bridgehead atoms. The minimum Gasteiger partial charge on any atom is -0.351 e. The van der Waals surface area contributed by atoms with Crippen LogP contribution < -0.4 is 10.9 Å². The van der Waals surface area contributed by atoms with Crippen molar-refractivity contribution in [3.8, 4) is 0 Å². The molecule has 3 heterocycles. The van der Waals surface area contributed by atoms with Crippen molar-refractivity contribution in [2.24, 2.45) is 0 Å². The molecule has 104 valence electrons. The fourth-order valence-electron chi connectivity index (χ4n) is 2.13. The largest absolute Gasteiger partial charge is 0.351 e. The highest BCUT2D eigenvalue weighted by Gasteiger charge is 2.26. The van der Waals surface area contributed by atoms with Crippen molar-refractivity contribution in [2.75, 3.05) is 5.75 Å². The molecule has 0 spiro atoms. The summed E-state index contributed by atoms with van der Waals surface area (Å²) in [6.07, 6.45) is 1.83. The third kappa shape index (κ3) is 2.78. The molecule has 2 aromatic rings. The number of rotatable bonds is 4. The third-order valence-electron chi connectivity index (χ3n) is 3.08. The average molecular weight is 307 g/mol. The van der Waals surface area contributed by atoms with E-state index in [9.17, 15) is 9.59 Å². The first-order valence-corrected chi connectivity index (χ1v) is 8.10. The zero-order chi connectivity index (χ0) is 13.9. The number of thioether (sulfide) groups is 1. The van der Waals surface area contributed by atoms with Gasteiger partial charge in [0.05, 0.1) is 12.6 Å². The first-order valence-electron chi connectivity index (χ1n) is 6.23. The van der Waals surface area contributed by atoms with E-state index in [1.165, 1.54) is 24.0 Å². The van der Waals surface area contributed by atoms with Gasteiger partial charge in [0, 0.05) is 29.3 Å². The molecule has 0 radical (unpaired) electrons. The molecule has 0 saturated carbocycles. The van der Waals surface area contributed by atoms with Crippen LogP contribution in [0, 0.1) is 0 Å². The quantitative estimate of drug-likeness (QED) is 0.873. The third-order valence-corrected chi connectivity index (χ3v) is 5.06. The smallest absolute Gasteiger partial charge is 0.254 e.